The molecule has 2 aromatic rings. The number of aromatic nitrogens is 3. The van der Waals surface area contributed by atoms with Crippen LogP contribution in [0.25, 0.3) is 11.0 Å². The molecule has 18 heavy (non-hydrogen) atoms. The SMILES string of the molecule is COCCCn1c(C)c(C)c2c(N)nc(C)nc21. The van der Waals surface area contributed by atoms with Crippen molar-refractivity contribution in [2.45, 2.75) is 33.7 Å². The zero-order chi connectivity index (χ0) is 13.3. The van der Waals surface area contributed by atoms with E-state index in [2.05, 4.69) is 28.4 Å². The summed E-state index contributed by atoms with van der Waals surface area (Å²) in [5, 5.41) is 0.982. The molecule has 2 rings (SSSR count). The Morgan fingerprint density at radius 2 is 1.94 bits per heavy atom. The second-order valence-corrected chi connectivity index (χ2v) is 4.56. The summed E-state index contributed by atoms with van der Waals surface area (Å²) in [6, 6.07) is 0. The molecule has 0 atom stereocenters. The molecule has 0 spiro atoms. The van der Waals surface area contributed by atoms with Crippen molar-refractivity contribution in [3.05, 3.63) is 17.1 Å². The molecule has 2 heterocycles. The van der Waals surface area contributed by atoms with Gasteiger partial charge in [-0.3, -0.25) is 0 Å². The van der Waals surface area contributed by atoms with Crippen molar-refractivity contribution in [1.29, 1.82) is 0 Å². The number of rotatable bonds is 4. The molecule has 2 N–H and O–H groups in total. The third-order valence-corrected chi connectivity index (χ3v) is 3.34. The highest BCUT2D eigenvalue weighted by molar-refractivity contribution is 5.91. The number of ether oxygens (including phenoxy) is 1. The van der Waals surface area contributed by atoms with Gasteiger partial charge < -0.3 is 15.0 Å². The summed E-state index contributed by atoms with van der Waals surface area (Å²) in [5.74, 6) is 1.29. The molecule has 0 amide bonds. The third-order valence-electron chi connectivity index (χ3n) is 3.34. The van der Waals surface area contributed by atoms with Crippen molar-refractivity contribution in [2.24, 2.45) is 0 Å². The smallest absolute Gasteiger partial charge is 0.146 e. The van der Waals surface area contributed by atoms with Crippen molar-refractivity contribution >= 4 is 16.9 Å². The Labute approximate surface area is 107 Å². The molecule has 5 heteroatoms. The second-order valence-electron chi connectivity index (χ2n) is 4.56. The highest BCUT2D eigenvalue weighted by Crippen LogP contribution is 2.27. The summed E-state index contributed by atoms with van der Waals surface area (Å²) in [7, 11) is 1.72. The molecule has 0 saturated carbocycles. The summed E-state index contributed by atoms with van der Waals surface area (Å²) in [6.45, 7) is 7.67. The number of methoxy groups -OCH3 is 1. The fourth-order valence-corrected chi connectivity index (χ4v) is 2.32. The van der Waals surface area contributed by atoms with E-state index in [0.717, 1.165) is 30.6 Å². The minimum atomic E-state index is 0.573. The van der Waals surface area contributed by atoms with Crippen LogP contribution in [0.4, 0.5) is 5.82 Å². The lowest BCUT2D eigenvalue weighted by atomic mass is 10.2. The Morgan fingerprint density at radius 3 is 2.61 bits per heavy atom. The lowest BCUT2D eigenvalue weighted by Crippen LogP contribution is -2.05. The van der Waals surface area contributed by atoms with E-state index in [1.807, 2.05) is 6.92 Å². The number of nitrogens with zero attached hydrogens (tertiary/aromatic N) is 3. The first-order valence-electron chi connectivity index (χ1n) is 6.14. The molecule has 0 radical (unpaired) electrons. The van der Waals surface area contributed by atoms with Gasteiger partial charge in [-0.25, -0.2) is 9.97 Å². The van der Waals surface area contributed by atoms with Gasteiger partial charge in [0.05, 0.1) is 5.39 Å². The van der Waals surface area contributed by atoms with E-state index in [0.29, 0.717) is 11.6 Å². The van der Waals surface area contributed by atoms with Crippen LogP contribution >= 0.6 is 0 Å². The van der Waals surface area contributed by atoms with E-state index < -0.39 is 0 Å². The average molecular weight is 248 g/mol. The number of nitrogens with two attached hydrogens (primary N) is 1. The zero-order valence-corrected chi connectivity index (χ0v) is 11.4. The van der Waals surface area contributed by atoms with Crippen LogP contribution in [0.2, 0.25) is 0 Å². The summed E-state index contributed by atoms with van der Waals surface area (Å²) < 4.78 is 7.30. The van der Waals surface area contributed by atoms with Gasteiger partial charge in [0.15, 0.2) is 0 Å². The second kappa shape index (κ2) is 4.94. The quantitative estimate of drug-likeness (QED) is 0.840. The van der Waals surface area contributed by atoms with E-state index in [4.69, 9.17) is 10.5 Å². The molecule has 0 unspecified atom stereocenters. The van der Waals surface area contributed by atoms with Crippen LogP contribution in [-0.4, -0.2) is 28.3 Å². The van der Waals surface area contributed by atoms with E-state index in [-0.39, 0.29) is 0 Å². The Kier molecular flexibility index (Phi) is 3.52. The van der Waals surface area contributed by atoms with Gasteiger partial charge in [-0.2, -0.15) is 0 Å². The molecule has 0 aliphatic rings. The van der Waals surface area contributed by atoms with Crippen LogP contribution in [0.5, 0.6) is 0 Å². The first-order chi connectivity index (χ1) is 8.56. The minimum absolute atomic E-state index is 0.573. The number of hydrogen-bond acceptors (Lipinski definition) is 4. The molecule has 5 nitrogen and oxygen atoms in total. The first-order valence-corrected chi connectivity index (χ1v) is 6.14. The van der Waals surface area contributed by atoms with Crippen LogP contribution in [0.15, 0.2) is 0 Å². The number of anilines is 1. The Morgan fingerprint density at radius 1 is 1.22 bits per heavy atom. The van der Waals surface area contributed by atoms with Crippen molar-refractivity contribution in [2.75, 3.05) is 19.5 Å². The fraction of sp³-hybridized carbons (Fsp3) is 0.538. The standard InChI is InChI=1S/C13H20N4O/c1-8-9(2)17(6-5-7-18-4)13-11(8)12(14)15-10(3)16-13/h5-7H2,1-4H3,(H2,14,15,16). The largest absolute Gasteiger partial charge is 0.385 e. The first kappa shape index (κ1) is 12.8. The van der Waals surface area contributed by atoms with Crippen molar-refractivity contribution in [1.82, 2.24) is 14.5 Å². The normalized spacial score (nSPS) is 11.3. The van der Waals surface area contributed by atoms with Gasteiger partial charge in [0, 0.05) is 26.0 Å². The number of hydrogen-bond donors (Lipinski definition) is 1. The molecule has 0 fully saturated rings. The molecular formula is C13H20N4O. The van der Waals surface area contributed by atoms with Gasteiger partial charge in [0.25, 0.3) is 0 Å². The summed E-state index contributed by atoms with van der Waals surface area (Å²) >= 11 is 0. The maximum atomic E-state index is 6.01. The molecule has 0 bridgehead atoms. The average Bonchev–Trinajstić information content (AvgIpc) is 2.54. The maximum absolute atomic E-state index is 6.01. The van der Waals surface area contributed by atoms with E-state index in [1.165, 1.54) is 11.3 Å². The van der Waals surface area contributed by atoms with Crippen molar-refractivity contribution in [3.8, 4) is 0 Å². The third kappa shape index (κ3) is 2.06. The number of fused-ring (bicyclic) bond motifs is 1. The molecular weight excluding hydrogens is 228 g/mol. The summed E-state index contributed by atoms with van der Waals surface area (Å²) in [4.78, 5) is 8.77. The van der Waals surface area contributed by atoms with Gasteiger partial charge in [-0.1, -0.05) is 0 Å². The molecule has 0 aromatic carbocycles. The van der Waals surface area contributed by atoms with E-state index in [1.54, 1.807) is 7.11 Å². The molecule has 0 aliphatic heterocycles. The van der Waals surface area contributed by atoms with Gasteiger partial charge >= 0.3 is 0 Å². The van der Waals surface area contributed by atoms with Gasteiger partial charge in [0.1, 0.15) is 17.3 Å². The maximum Gasteiger partial charge on any atom is 0.146 e. The number of nitrogen functional groups attached to an aromatic ring is 1. The van der Waals surface area contributed by atoms with E-state index in [9.17, 15) is 0 Å². The monoisotopic (exact) mass is 248 g/mol. The highest BCUT2D eigenvalue weighted by Gasteiger charge is 2.15. The topological polar surface area (TPSA) is 66.0 Å². The van der Waals surface area contributed by atoms with Crippen molar-refractivity contribution < 1.29 is 4.74 Å². The highest BCUT2D eigenvalue weighted by atomic mass is 16.5. The Balaban J connectivity index is 2.54. The zero-order valence-electron chi connectivity index (χ0n) is 11.4. The lowest BCUT2D eigenvalue weighted by molar-refractivity contribution is 0.190. The summed E-state index contributed by atoms with van der Waals surface area (Å²) in [5.41, 5.74) is 9.31. The van der Waals surface area contributed by atoms with Crippen LogP contribution in [-0.2, 0) is 11.3 Å². The van der Waals surface area contributed by atoms with Gasteiger partial charge in [-0.15, -0.1) is 0 Å². The van der Waals surface area contributed by atoms with Crippen LogP contribution < -0.4 is 5.73 Å². The fourth-order valence-electron chi connectivity index (χ4n) is 2.32. The molecule has 0 saturated heterocycles. The van der Waals surface area contributed by atoms with Crippen LogP contribution in [0.1, 0.15) is 23.5 Å². The van der Waals surface area contributed by atoms with Crippen LogP contribution in [0.3, 0.4) is 0 Å². The number of aryl methyl sites for hydroxylation is 3. The molecule has 98 valence electrons. The predicted octanol–water partition coefficient (Wildman–Crippen LogP) is 1.98. The Bertz CT molecular complexity index is 574. The van der Waals surface area contributed by atoms with Crippen LogP contribution in [0, 0.1) is 20.8 Å². The van der Waals surface area contributed by atoms with Crippen molar-refractivity contribution in [3.63, 3.8) is 0 Å². The van der Waals surface area contributed by atoms with E-state index >= 15 is 0 Å². The Hall–Kier alpha value is -1.62. The lowest BCUT2D eigenvalue weighted by Gasteiger charge is -2.07. The van der Waals surface area contributed by atoms with Gasteiger partial charge in [-0.05, 0) is 32.8 Å². The molecule has 2 aromatic heterocycles. The minimum Gasteiger partial charge on any atom is -0.385 e. The predicted molar refractivity (Wildman–Crippen MR) is 72.6 cm³/mol. The van der Waals surface area contributed by atoms with Gasteiger partial charge in [0.2, 0.25) is 0 Å². The summed E-state index contributed by atoms with van der Waals surface area (Å²) in [6.07, 6.45) is 0.962. The molecule has 0 aliphatic carbocycles.